The molecule has 0 heterocycles. The largest absolute Gasteiger partial charge is 0.508 e. The van der Waals surface area contributed by atoms with Gasteiger partial charge < -0.3 is 25.2 Å². The average Bonchev–Trinajstić information content (AvgIpc) is 2.71. The summed E-state index contributed by atoms with van der Waals surface area (Å²) in [4.78, 5) is 12.8. The molecule has 2 rings (SSSR count). The van der Waals surface area contributed by atoms with Gasteiger partial charge in [0.2, 0.25) is 0 Å². The van der Waals surface area contributed by atoms with Gasteiger partial charge >= 0.3 is 0 Å². The SMILES string of the molecule is C=C(C)[C@H](CC=C(C)C)Cc1c(O)cc(O)c(C(=O)/C=C/c2ccc(O)cc2OC)c1O. The summed E-state index contributed by atoms with van der Waals surface area (Å²) in [6.07, 6.45) is 5.61. The summed E-state index contributed by atoms with van der Waals surface area (Å²) in [6.45, 7) is 9.84. The first kappa shape index (κ1) is 24.6. The molecule has 0 saturated heterocycles. The number of benzene rings is 2. The third-order valence-corrected chi connectivity index (χ3v) is 5.20. The molecule has 0 saturated carbocycles. The zero-order chi connectivity index (χ0) is 24.0. The van der Waals surface area contributed by atoms with Gasteiger partial charge in [-0.1, -0.05) is 23.8 Å². The van der Waals surface area contributed by atoms with E-state index >= 15 is 0 Å². The van der Waals surface area contributed by atoms with Crippen LogP contribution in [0.5, 0.6) is 28.7 Å². The lowest BCUT2D eigenvalue weighted by Crippen LogP contribution is -2.07. The lowest BCUT2D eigenvalue weighted by atomic mass is 9.88. The summed E-state index contributed by atoms with van der Waals surface area (Å²) >= 11 is 0. The molecule has 0 aliphatic carbocycles. The third kappa shape index (κ3) is 5.94. The van der Waals surface area contributed by atoms with Crippen LogP contribution >= 0.6 is 0 Å². The fourth-order valence-electron chi connectivity index (χ4n) is 3.30. The minimum absolute atomic E-state index is 0.0176. The molecule has 0 unspecified atom stereocenters. The van der Waals surface area contributed by atoms with Crippen LogP contribution in [0, 0.1) is 5.92 Å². The van der Waals surface area contributed by atoms with Gasteiger partial charge in [-0.25, -0.2) is 0 Å². The van der Waals surface area contributed by atoms with E-state index in [4.69, 9.17) is 4.74 Å². The fraction of sp³-hybridized carbons (Fsp3) is 0.269. The Kier molecular flexibility index (Phi) is 8.13. The van der Waals surface area contributed by atoms with E-state index in [-0.39, 0.29) is 35.0 Å². The molecule has 0 fully saturated rings. The molecule has 32 heavy (non-hydrogen) atoms. The lowest BCUT2D eigenvalue weighted by molar-refractivity contribution is 0.104. The average molecular weight is 439 g/mol. The zero-order valence-electron chi connectivity index (χ0n) is 18.8. The number of hydrogen-bond acceptors (Lipinski definition) is 6. The van der Waals surface area contributed by atoms with Crippen LogP contribution < -0.4 is 4.74 Å². The molecule has 0 radical (unpaired) electrons. The van der Waals surface area contributed by atoms with Crippen molar-refractivity contribution in [2.75, 3.05) is 7.11 Å². The zero-order valence-corrected chi connectivity index (χ0v) is 18.8. The highest BCUT2D eigenvalue weighted by Gasteiger charge is 2.24. The van der Waals surface area contributed by atoms with E-state index in [1.807, 2.05) is 26.8 Å². The number of phenols is 4. The van der Waals surface area contributed by atoms with Crippen molar-refractivity contribution in [3.05, 3.63) is 70.8 Å². The highest BCUT2D eigenvalue weighted by atomic mass is 16.5. The summed E-state index contributed by atoms with van der Waals surface area (Å²) in [6, 6.07) is 5.49. The number of rotatable bonds is 9. The van der Waals surface area contributed by atoms with Gasteiger partial charge in [-0.15, -0.1) is 0 Å². The maximum absolute atomic E-state index is 12.8. The molecule has 1 atom stereocenters. The predicted molar refractivity (Wildman–Crippen MR) is 126 cm³/mol. The van der Waals surface area contributed by atoms with Crippen LogP contribution in [0.1, 0.15) is 48.7 Å². The molecule has 6 heteroatoms. The molecular formula is C26H30O6. The van der Waals surface area contributed by atoms with Crippen molar-refractivity contribution in [3.63, 3.8) is 0 Å². The Bertz CT molecular complexity index is 1070. The molecule has 4 N–H and O–H groups in total. The molecule has 2 aromatic rings. The van der Waals surface area contributed by atoms with Crippen molar-refractivity contribution in [1.29, 1.82) is 0 Å². The number of allylic oxidation sites excluding steroid dienone is 4. The number of methoxy groups -OCH3 is 1. The minimum Gasteiger partial charge on any atom is -0.508 e. The summed E-state index contributed by atoms with van der Waals surface area (Å²) < 4.78 is 5.19. The number of carbonyl (C=O) groups excluding carboxylic acids is 1. The standard InChI is InChI=1S/C26H30O6/c1-15(2)6-7-18(16(3)4)12-20-22(29)14-23(30)25(26(20)31)21(28)11-9-17-8-10-19(27)13-24(17)32-5/h6,8-11,13-14,18,27,29-31H,3,7,12H2,1-2,4-5H3/b11-9+/t18-/m1/s1. The van der Waals surface area contributed by atoms with Crippen LogP contribution in [-0.4, -0.2) is 33.3 Å². The van der Waals surface area contributed by atoms with E-state index in [1.165, 1.54) is 31.4 Å². The van der Waals surface area contributed by atoms with Gasteiger partial charge in [0.05, 0.1) is 7.11 Å². The van der Waals surface area contributed by atoms with E-state index in [0.717, 1.165) is 17.2 Å². The monoisotopic (exact) mass is 438 g/mol. The van der Waals surface area contributed by atoms with E-state index in [1.54, 1.807) is 6.07 Å². The van der Waals surface area contributed by atoms with Crippen LogP contribution in [0.25, 0.3) is 6.08 Å². The lowest BCUT2D eigenvalue weighted by Gasteiger charge is -2.19. The first-order valence-corrected chi connectivity index (χ1v) is 10.2. The van der Waals surface area contributed by atoms with E-state index in [2.05, 4.69) is 6.58 Å². The fourth-order valence-corrected chi connectivity index (χ4v) is 3.30. The number of ether oxygens (including phenoxy) is 1. The molecule has 170 valence electrons. The van der Waals surface area contributed by atoms with Crippen LogP contribution in [0.15, 0.2) is 54.1 Å². The minimum atomic E-state index is -0.646. The smallest absolute Gasteiger partial charge is 0.193 e. The van der Waals surface area contributed by atoms with Crippen molar-refractivity contribution in [1.82, 2.24) is 0 Å². The van der Waals surface area contributed by atoms with Crippen molar-refractivity contribution < 1.29 is 30.0 Å². The maximum Gasteiger partial charge on any atom is 0.193 e. The second-order valence-corrected chi connectivity index (χ2v) is 8.01. The Hall–Kier alpha value is -3.67. The molecule has 0 aromatic heterocycles. The molecule has 0 aliphatic heterocycles. The number of carbonyl (C=O) groups is 1. The van der Waals surface area contributed by atoms with E-state index < -0.39 is 17.3 Å². The number of hydrogen-bond donors (Lipinski definition) is 4. The van der Waals surface area contributed by atoms with E-state index in [0.29, 0.717) is 17.7 Å². The first-order chi connectivity index (χ1) is 15.0. The first-order valence-electron chi connectivity index (χ1n) is 10.2. The van der Waals surface area contributed by atoms with Crippen LogP contribution in [-0.2, 0) is 6.42 Å². The molecule has 0 aliphatic rings. The Labute approximate surface area is 188 Å². The van der Waals surface area contributed by atoms with E-state index in [9.17, 15) is 25.2 Å². The predicted octanol–water partition coefficient (Wildman–Crippen LogP) is 5.50. The Morgan fingerprint density at radius 3 is 2.38 bits per heavy atom. The van der Waals surface area contributed by atoms with Gasteiger partial charge in [0.1, 0.15) is 34.3 Å². The number of phenolic OH excluding ortho intramolecular Hbond substituents is 4. The van der Waals surface area contributed by atoms with Crippen molar-refractivity contribution >= 4 is 11.9 Å². The van der Waals surface area contributed by atoms with Crippen LogP contribution in [0.3, 0.4) is 0 Å². The quantitative estimate of drug-likeness (QED) is 0.234. The Balaban J connectivity index is 2.41. The molecule has 2 aromatic carbocycles. The normalized spacial score (nSPS) is 11.9. The molecule has 0 amide bonds. The summed E-state index contributed by atoms with van der Waals surface area (Å²) in [5.74, 6) is -1.60. The van der Waals surface area contributed by atoms with Gasteiger partial charge in [-0.2, -0.15) is 0 Å². The summed E-state index contributed by atoms with van der Waals surface area (Å²) in [7, 11) is 1.44. The second kappa shape index (κ2) is 10.6. The summed E-state index contributed by atoms with van der Waals surface area (Å²) in [5, 5.41) is 41.0. The van der Waals surface area contributed by atoms with Crippen molar-refractivity contribution in [3.8, 4) is 28.7 Å². The number of aromatic hydroxyl groups is 4. The highest BCUT2D eigenvalue weighted by Crippen LogP contribution is 2.40. The Morgan fingerprint density at radius 1 is 1.09 bits per heavy atom. The van der Waals surface area contributed by atoms with Gasteiger partial charge in [0.25, 0.3) is 0 Å². The second-order valence-electron chi connectivity index (χ2n) is 8.01. The molecule has 0 spiro atoms. The van der Waals surface area contributed by atoms with Gasteiger partial charge in [-0.3, -0.25) is 4.79 Å². The summed E-state index contributed by atoms with van der Waals surface area (Å²) in [5.41, 5.74) is 2.43. The van der Waals surface area contributed by atoms with Gasteiger partial charge in [0.15, 0.2) is 5.78 Å². The van der Waals surface area contributed by atoms with Gasteiger partial charge in [0, 0.05) is 23.3 Å². The molecule has 0 bridgehead atoms. The molecular weight excluding hydrogens is 408 g/mol. The highest BCUT2D eigenvalue weighted by molar-refractivity contribution is 6.11. The number of ketones is 1. The Morgan fingerprint density at radius 2 is 1.78 bits per heavy atom. The van der Waals surface area contributed by atoms with Crippen LogP contribution in [0.4, 0.5) is 0 Å². The molecule has 6 nitrogen and oxygen atoms in total. The van der Waals surface area contributed by atoms with Crippen LogP contribution in [0.2, 0.25) is 0 Å². The van der Waals surface area contributed by atoms with Gasteiger partial charge in [-0.05, 0) is 63.8 Å². The van der Waals surface area contributed by atoms with Crippen molar-refractivity contribution in [2.45, 2.75) is 33.6 Å². The topological polar surface area (TPSA) is 107 Å². The maximum atomic E-state index is 12.8. The van der Waals surface area contributed by atoms with Crippen molar-refractivity contribution in [2.24, 2.45) is 5.92 Å². The third-order valence-electron chi connectivity index (χ3n) is 5.20.